The first kappa shape index (κ1) is 12.5. The number of fused-ring (bicyclic) bond motifs is 1. The molecular formula is C16H21N3S. The van der Waals surface area contributed by atoms with E-state index in [1.807, 2.05) is 11.3 Å². The lowest BCUT2D eigenvalue weighted by molar-refractivity contribution is 0.291. The molecule has 4 rings (SSSR count). The second-order valence-corrected chi connectivity index (χ2v) is 7.38. The minimum absolute atomic E-state index is 0.614. The number of thiophene rings is 1. The number of nitrogens with one attached hydrogen (secondary N) is 1. The number of hydrogen-bond acceptors (Lipinski definition) is 3. The van der Waals surface area contributed by atoms with Crippen molar-refractivity contribution in [3.8, 4) is 10.6 Å². The van der Waals surface area contributed by atoms with Gasteiger partial charge in [-0.05, 0) is 44.2 Å². The monoisotopic (exact) mass is 287 g/mol. The van der Waals surface area contributed by atoms with Crippen LogP contribution in [0.5, 0.6) is 0 Å². The molecule has 0 radical (unpaired) electrons. The fourth-order valence-electron chi connectivity index (χ4n) is 3.72. The van der Waals surface area contributed by atoms with Crippen LogP contribution < -0.4 is 5.32 Å². The van der Waals surface area contributed by atoms with Crippen molar-refractivity contribution in [3.63, 3.8) is 0 Å². The second-order valence-electron chi connectivity index (χ2n) is 6.10. The first-order valence-electron chi connectivity index (χ1n) is 7.71. The van der Waals surface area contributed by atoms with Gasteiger partial charge in [-0.1, -0.05) is 12.8 Å². The fourth-order valence-corrected chi connectivity index (χ4v) is 4.54. The zero-order chi connectivity index (χ0) is 13.5. The van der Waals surface area contributed by atoms with Crippen molar-refractivity contribution in [1.29, 1.82) is 0 Å². The van der Waals surface area contributed by atoms with E-state index in [9.17, 15) is 0 Å². The normalized spacial score (nSPS) is 22.8. The van der Waals surface area contributed by atoms with Gasteiger partial charge in [0.2, 0.25) is 0 Å². The van der Waals surface area contributed by atoms with Crippen molar-refractivity contribution in [2.75, 3.05) is 11.9 Å². The summed E-state index contributed by atoms with van der Waals surface area (Å²) < 4.78 is 2.28. The van der Waals surface area contributed by atoms with Gasteiger partial charge >= 0.3 is 0 Å². The molecule has 1 aliphatic carbocycles. The SMILES string of the molecule is Cc1ccc(-c2cc3n(n2)C(C2CCCC2)CCN3)s1. The van der Waals surface area contributed by atoms with Gasteiger partial charge in [0.15, 0.2) is 0 Å². The summed E-state index contributed by atoms with van der Waals surface area (Å²) in [5, 5.41) is 8.44. The van der Waals surface area contributed by atoms with Gasteiger partial charge in [-0.15, -0.1) is 11.3 Å². The Morgan fingerprint density at radius 1 is 1.25 bits per heavy atom. The van der Waals surface area contributed by atoms with Crippen LogP contribution in [-0.2, 0) is 0 Å². The number of aryl methyl sites for hydroxylation is 1. The van der Waals surface area contributed by atoms with Gasteiger partial charge < -0.3 is 5.32 Å². The molecule has 2 aliphatic rings. The number of anilines is 1. The lowest BCUT2D eigenvalue weighted by Gasteiger charge is -2.30. The van der Waals surface area contributed by atoms with Crippen molar-refractivity contribution >= 4 is 17.2 Å². The van der Waals surface area contributed by atoms with Crippen LogP contribution in [0.4, 0.5) is 5.82 Å². The quantitative estimate of drug-likeness (QED) is 0.883. The van der Waals surface area contributed by atoms with Crippen LogP contribution in [0.1, 0.15) is 43.0 Å². The molecule has 0 amide bonds. The maximum Gasteiger partial charge on any atom is 0.125 e. The Hall–Kier alpha value is -1.29. The lowest BCUT2D eigenvalue weighted by atomic mass is 9.94. The molecule has 106 valence electrons. The highest BCUT2D eigenvalue weighted by molar-refractivity contribution is 7.15. The number of rotatable bonds is 2. The predicted molar refractivity (Wildman–Crippen MR) is 84.4 cm³/mol. The summed E-state index contributed by atoms with van der Waals surface area (Å²) in [5.74, 6) is 2.06. The summed E-state index contributed by atoms with van der Waals surface area (Å²) in [5.41, 5.74) is 1.13. The number of aromatic nitrogens is 2. The molecule has 1 saturated carbocycles. The fraction of sp³-hybridized carbons (Fsp3) is 0.562. The van der Waals surface area contributed by atoms with Crippen LogP contribution in [-0.4, -0.2) is 16.3 Å². The van der Waals surface area contributed by atoms with E-state index in [1.54, 1.807) is 0 Å². The highest BCUT2D eigenvalue weighted by Gasteiger charge is 2.31. The lowest BCUT2D eigenvalue weighted by Crippen LogP contribution is -2.28. The Morgan fingerprint density at radius 2 is 2.10 bits per heavy atom. The highest BCUT2D eigenvalue weighted by atomic mass is 32.1. The molecule has 1 aliphatic heterocycles. The van der Waals surface area contributed by atoms with Gasteiger partial charge in [0.1, 0.15) is 11.5 Å². The molecule has 1 fully saturated rings. The Labute approximate surface area is 124 Å². The standard InChI is InChI=1S/C16H21N3S/c1-11-6-7-15(20-11)13-10-16-17-9-8-14(19(16)18-13)12-4-2-3-5-12/h6-7,10,12,14,17H,2-5,8-9H2,1H3. The molecule has 3 nitrogen and oxygen atoms in total. The van der Waals surface area contributed by atoms with Crippen molar-refractivity contribution < 1.29 is 0 Å². The van der Waals surface area contributed by atoms with E-state index >= 15 is 0 Å². The first-order chi connectivity index (χ1) is 9.81. The first-order valence-corrected chi connectivity index (χ1v) is 8.53. The molecule has 0 spiro atoms. The van der Waals surface area contributed by atoms with Crippen LogP contribution in [0.15, 0.2) is 18.2 Å². The summed E-state index contributed by atoms with van der Waals surface area (Å²) in [7, 11) is 0. The molecule has 0 bridgehead atoms. The molecule has 20 heavy (non-hydrogen) atoms. The van der Waals surface area contributed by atoms with Crippen LogP contribution in [0.3, 0.4) is 0 Å². The van der Waals surface area contributed by atoms with Crippen molar-refractivity contribution in [2.45, 2.75) is 45.1 Å². The Balaban J connectivity index is 1.69. The summed E-state index contributed by atoms with van der Waals surface area (Å²) in [6, 6.07) is 7.22. The van der Waals surface area contributed by atoms with Gasteiger partial charge in [0.25, 0.3) is 0 Å². The van der Waals surface area contributed by atoms with Crippen LogP contribution in [0.25, 0.3) is 10.6 Å². The van der Waals surface area contributed by atoms with Crippen LogP contribution in [0.2, 0.25) is 0 Å². The summed E-state index contributed by atoms with van der Waals surface area (Å²) >= 11 is 1.83. The summed E-state index contributed by atoms with van der Waals surface area (Å²) in [6.45, 7) is 3.25. The van der Waals surface area contributed by atoms with E-state index in [0.29, 0.717) is 6.04 Å². The molecule has 1 N–H and O–H groups in total. The minimum Gasteiger partial charge on any atom is -0.370 e. The molecule has 1 atom stereocenters. The Kier molecular flexibility index (Phi) is 3.06. The smallest absolute Gasteiger partial charge is 0.125 e. The Morgan fingerprint density at radius 3 is 2.85 bits per heavy atom. The van der Waals surface area contributed by atoms with Gasteiger partial charge in [0.05, 0.1) is 10.9 Å². The van der Waals surface area contributed by atoms with Gasteiger partial charge in [-0.25, -0.2) is 4.68 Å². The molecule has 0 aromatic carbocycles. The van der Waals surface area contributed by atoms with Crippen molar-refractivity contribution in [3.05, 3.63) is 23.1 Å². The average molecular weight is 287 g/mol. The second kappa shape index (κ2) is 4.92. The van der Waals surface area contributed by atoms with E-state index in [4.69, 9.17) is 5.10 Å². The summed E-state index contributed by atoms with van der Waals surface area (Å²) in [4.78, 5) is 2.64. The predicted octanol–water partition coefficient (Wildman–Crippen LogP) is 4.47. The van der Waals surface area contributed by atoms with Crippen LogP contribution >= 0.6 is 11.3 Å². The molecule has 3 heterocycles. The van der Waals surface area contributed by atoms with Crippen molar-refractivity contribution in [1.82, 2.24) is 9.78 Å². The maximum absolute atomic E-state index is 4.92. The van der Waals surface area contributed by atoms with Gasteiger partial charge in [0, 0.05) is 17.5 Å². The third-order valence-electron chi connectivity index (χ3n) is 4.73. The molecule has 1 unspecified atom stereocenters. The van der Waals surface area contributed by atoms with E-state index in [0.717, 1.165) is 18.2 Å². The van der Waals surface area contributed by atoms with E-state index in [-0.39, 0.29) is 0 Å². The van der Waals surface area contributed by atoms with Gasteiger partial charge in [-0.3, -0.25) is 0 Å². The molecule has 2 aromatic heterocycles. The molecular weight excluding hydrogens is 266 g/mol. The zero-order valence-electron chi connectivity index (χ0n) is 11.9. The molecule has 2 aromatic rings. The summed E-state index contributed by atoms with van der Waals surface area (Å²) in [6.07, 6.45) is 6.81. The van der Waals surface area contributed by atoms with E-state index in [2.05, 4.69) is 35.1 Å². The highest BCUT2D eigenvalue weighted by Crippen LogP contribution is 2.40. The van der Waals surface area contributed by atoms with Crippen LogP contribution in [0, 0.1) is 12.8 Å². The number of hydrogen-bond donors (Lipinski definition) is 1. The zero-order valence-corrected chi connectivity index (χ0v) is 12.7. The Bertz CT molecular complexity index is 607. The molecule has 0 saturated heterocycles. The molecule has 4 heteroatoms. The third kappa shape index (κ3) is 2.06. The number of nitrogens with zero attached hydrogens (tertiary/aromatic N) is 2. The maximum atomic E-state index is 4.92. The minimum atomic E-state index is 0.614. The largest absolute Gasteiger partial charge is 0.370 e. The third-order valence-corrected chi connectivity index (χ3v) is 5.76. The van der Waals surface area contributed by atoms with E-state index in [1.165, 1.54) is 47.7 Å². The van der Waals surface area contributed by atoms with Gasteiger partial charge in [-0.2, -0.15) is 5.10 Å². The van der Waals surface area contributed by atoms with E-state index < -0.39 is 0 Å². The van der Waals surface area contributed by atoms with Crippen molar-refractivity contribution in [2.24, 2.45) is 5.92 Å². The topological polar surface area (TPSA) is 29.9 Å². The average Bonchev–Trinajstić information content (AvgIpc) is 3.17.